The van der Waals surface area contributed by atoms with Gasteiger partial charge in [-0.1, -0.05) is 0 Å². The summed E-state index contributed by atoms with van der Waals surface area (Å²) in [6, 6.07) is 0. The van der Waals surface area contributed by atoms with Crippen molar-refractivity contribution in [1.82, 2.24) is 20.3 Å². The van der Waals surface area contributed by atoms with E-state index in [0.717, 1.165) is 17.1 Å². The number of imidazole rings is 1. The van der Waals surface area contributed by atoms with E-state index in [1.807, 2.05) is 0 Å². The molecule has 0 fully saturated rings. The van der Waals surface area contributed by atoms with Crippen molar-refractivity contribution < 1.29 is 4.79 Å². The molecule has 2 heterocycles. The summed E-state index contributed by atoms with van der Waals surface area (Å²) in [7, 11) is 0. The average Bonchev–Trinajstić information content (AvgIpc) is 3.00. The van der Waals surface area contributed by atoms with Gasteiger partial charge >= 0.3 is 0 Å². The molecule has 0 aliphatic heterocycles. The third-order valence-electron chi connectivity index (χ3n) is 2.38. The molecule has 0 saturated carbocycles. The predicted octanol–water partition coefficient (Wildman–Crippen LogP) is 0.340. The second kappa shape index (κ2) is 6.27. The van der Waals surface area contributed by atoms with Crippen molar-refractivity contribution in [1.29, 1.82) is 0 Å². The number of carbonyl (C=O) groups excluding carboxylic acids is 1. The summed E-state index contributed by atoms with van der Waals surface area (Å²) in [5.74, 6) is -0.144. The number of amides is 1. The van der Waals surface area contributed by atoms with E-state index in [0.29, 0.717) is 25.2 Å². The van der Waals surface area contributed by atoms with Crippen LogP contribution in [0, 0.1) is 0 Å². The molecular formula is C11H15N5OS. The van der Waals surface area contributed by atoms with Crippen LogP contribution in [-0.2, 0) is 12.8 Å². The van der Waals surface area contributed by atoms with Crippen LogP contribution in [0.4, 0.5) is 0 Å². The number of nitrogens with two attached hydrogens (primary N) is 1. The van der Waals surface area contributed by atoms with E-state index in [2.05, 4.69) is 20.3 Å². The molecule has 6 nitrogen and oxygen atoms in total. The Morgan fingerprint density at radius 3 is 3.11 bits per heavy atom. The molecule has 2 aromatic heterocycles. The van der Waals surface area contributed by atoms with Gasteiger partial charge in [0.25, 0.3) is 5.91 Å². The van der Waals surface area contributed by atoms with E-state index in [-0.39, 0.29) is 5.91 Å². The number of nitrogens with one attached hydrogen (secondary N) is 2. The van der Waals surface area contributed by atoms with Gasteiger partial charge in [-0.2, -0.15) is 0 Å². The molecule has 7 heteroatoms. The number of hydrogen-bond donors (Lipinski definition) is 3. The number of H-pyrrole nitrogens is 1. The van der Waals surface area contributed by atoms with E-state index >= 15 is 0 Å². The minimum absolute atomic E-state index is 0.144. The number of aromatic amines is 1. The van der Waals surface area contributed by atoms with Crippen molar-refractivity contribution in [3.05, 3.63) is 34.3 Å². The number of carbonyl (C=O) groups is 1. The highest BCUT2D eigenvalue weighted by molar-refractivity contribution is 7.09. The van der Waals surface area contributed by atoms with Crippen LogP contribution < -0.4 is 11.1 Å². The topological polar surface area (TPSA) is 96.7 Å². The van der Waals surface area contributed by atoms with Gasteiger partial charge in [-0.25, -0.2) is 9.97 Å². The molecular weight excluding hydrogens is 250 g/mol. The molecule has 0 radical (unpaired) electrons. The van der Waals surface area contributed by atoms with Crippen LogP contribution >= 0.6 is 11.3 Å². The van der Waals surface area contributed by atoms with Gasteiger partial charge in [0, 0.05) is 36.7 Å². The van der Waals surface area contributed by atoms with Crippen molar-refractivity contribution in [2.45, 2.75) is 12.8 Å². The number of rotatable bonds is 6. The molecule has 0 aliphatic rings. The minimum atomic E-state index is -0.144. The van der Waals surface area contributed by atoms with E-state index in [1.165, 1.54) is 11.3 Å². The lowest BCUT2D eigenvalue weighted by atomic mass is 10.3. The summed E-state index contributed by atoms with van der Waals surface area (Å²) in [6.45, 7) is 1.11. The number of aromatic nitrogens is 3. The molecule has 0 atom stereocenters. The summed E-state index contributed by atoms with van der Waals surface area (Å²) in [5, 5.41) is 5.48. The third-order valence-corrected chi connectivity index (χ3v) is 3.29. The van der Waals surface area contributed by atoms with Crippen LogP contribution in [0.15, 0.2) is 17.9 Å². The quantitative estimate of drug-likeness (QED) is 0.701. The fourth-order valence-electron chi connectivity index (χ4n) is 1.48. The maximum atomic E-state index is 11.8. The molecule has 0 aromatic carbocycles. The third kappa shape index (κ3) is 3.38. The van der Waals surface area contributed by atoms with Crippen molar-refractivity contribution >= 4 is 17.2 Å². The smallest absolute Gasteiger partial charge is 0.270 e. The molecule has 0 spiro atoms. The summed E-state index contributed by atoms with van der Waals surface area (Å²) in [5.41, 5.74) is 6.90. The Kier molecular flexibility index (Phi) is 4.43. The van der Waals surface area contributed by atoms with E-state index in [1.54, 1.807) is 17.9 Å². The van der Waals surface area contributed by atoms with Gasteiger partial charge in [-0.05, 0) is 6.54 Å². The van der Waals surface area contributed by atoms with Gasteiger partial charge in [-0.3, -0.25) is 4.79 Å². The Morgan fingerprint density at radius 2 is 2.39 bits per heavy atom. The number of hydrogen-bond acceptors (Lipinski definition) is 5. The van der Waals surface area contributed by atoms with Gasteiger partial charge in [-0.15, -0.1) is 11.3 Å². The summed E-state index contributed by atoms with van der Waals surface area (Å²) < 4.78 is 0. The van der Waals surface area contributed by atoms with Crippen molar-refractivity contribution in [3.63, 3.8) is 0 Å². The first-order valence-corrected chi connectivity index (χ1v) is 6.57. The highest BCUT2D eigenvalue weighted by Crippen LogP contribution is 2.09. The van der Waals surface area contributed by atoms with Crippen LogP contribution in [0.25, 0.3) is 0 Å². The lowest BCUT2D eigenvalue weighted by molar-refractivity contribution is 0.0949. The predicted molar refractivity (Wildman–Crippen MR) is 69.5 cm³/mol. The van der Waals surface area contributed by atoms with Gasteiger partial charge in [0.15, 0.2) is 0 Å². The lowest BCUT2D eigenvalue weighted by Gasteiger charge is -2.01. The molecule has 0 aliphatic carbocycles. The van der Waals surface area contributed by atoms with Crippen LogP contribution in [-0.4, -0.2) is 33.9 Å². The van der Waals surface area contributed by atoms with E-state index < -0.39 is 0 Å². The Balaban J connectivity index is 1.80. The molecule has 4 N–H and O–H groups in total. The molecule has 0 saturated heterocycles. The first-order chi connectivity index (χ1) is 8.79. The first kappa shape index (κ1) is 12.7. The maximum Gasteiger partial charge on any atom is 0.270 e. The van der Waals surface area contributed by atoms with Gasteiger partial charge < -0.3 is 16.0 Å². The summed E-state index contributed by atoms with van der Waals surface area (Å²) in [4.78, 5) is 22.9. The Labute approximate surface area is 109 Å². The van der Waals surface area contributed by atoms with Gasteiger partial charge in [0.05, 0.1) is 11.3 Å². The minimum Gasteiger partial charge on any atom is -0.350 e. The fraction of sp³-hybridized carbons (Fsp3) is 0.364. The highest BCUT2D eigenvalue weighted by atomic mass is 32.1. The summed E-state index contributed by atoms with van der Waals surface area (Å²) in [6.07, 6.45) is 4.81. The molecule has 1 amide bonds. The lowest BCUT2D eigenvalue weighted by Crippen LogP contribution is -2.26. The zero-order chi connectivity index (χ0) is 12.8. The average molecular weight is 265 g/mol. The highest BCUT2D eigenvalue weighted by Gasteiger charge is 2.09. The SMILES string of the molecule is NCCc1nc(C(=O)NCCc2cnc[nH]2)cs1. The Hall–Kier alpha value is -1.73. The second-order valence-corrected chi connectivity index (χ2v) is 4.69. The van der Waals surface area contributed by atoms with Crippen molar-refractivity contribution in [3.8, 4) is 0 Å². The molecule has 18 heavy (non-hydrogen) atoms. The van der Waals surface area contributed by atoms with Crippen molar-refractivity contribution in [2.24, 2.45) is 5.73 Å². The second-order valence-electron chi connectivity index (χ2n) is 3.75. The zero-order valence-electron chi connectivity index (χ0n) is 9.85. The van der Waals surface area contributed by atoms with Gasteiger partial charge in [0.2, 0.25) is 0 Å². The van der Waals surface area contributed by atoms with Crippen molar-refractivity contribution in [2.75, 3.05) is 13.1 Å². The Bertz CT molecular complexity index is 493. The van der Waals surface area contributed by atoms with E-state index in [9.17, 15) is 4.79 Å². The molecule has 96 valence electrons. The maximum absolute atomic E-state index is 11.8. The molecule has 2 rings (SSSR count). The molecule has 2 aromatic rings. The largest absolute Gasteiger partial charge is 0.350 e. The normalized spacial score (nSPS) is 10.5. The number of thiazole rings is 1. The Morgan fingerprint density at radius 1 is 1.50 bits per heavy atom. The zero-order valence-corrected chi connectivity index (χ0v) is 10.7. The van der Waals surface area contributed by atoms with Crippen LogP contribution in [0.3, 0.4) is 0 Å². The van der Waals surface area contributed by atoms with Crippen LogP contribution in [0.1, 0.15) is 21.2 Å². The van der Waals surface area contributed by atoms with E-state index in [4.69, 9.17) is 5.73 Å². The van der Waals surface area contributed by atoms with Gasteiger partial charge in [0.1, 0.15) is 5.69 Å². The molecule has 0 unspecified atom stereocenters. The standard InChI is InChI=1S/C11H15N5OS/c12-3-1-10-16-9(6-18-10)11(17)14-4-2-8-5-13-7-15-8/h5-7H,1-4,12H2,(H,13,15)(H,14,17). The van der Waals surface area contributed by atoms with Crippen LogP contribution in [0.2, 0.25) is 0 Å². The van der Waals surface area contributed by atoms with Crippen LogP contribution in [0.5, 0.6) is 0 Å². The molecule has 0 bridgehead atoms. The first-order valence-electron chi connectivity index (χ1n) is 5.69. The fourth-order valence-corrected chi connectivity index (χ4v) is 2.27. The monoisotopic (exact) mass is 265 g/mol. The number of nitrogens with zero attached hydrogens (tertiary/aromatic N) is 2. The summed E-state index contributed by atoms with van der Waals surface area (Å²) >= 11 is 1.47.